The van der Waals surface area contributed by atoms with Crippen LogP contribution in [0.1, 0.15) is 0 Å². The molecule has 1 aromatic carbocycles. The zero-order valence-electron chi connectivity index (χ0n) is 6.99. The van der Waals surface area contributed by atoms with E-state index in [-0.39, 0.29) is 5.63 Å². The fraction of sp³-hybridized carbons (Fsp3) is 0. The van der Waals surface area contributed by atoms with Crippen molar-refractivity contribution in [3.05, 3.63) is 40.8 Å². The molecule has 0 radical (unpaired) electrons. The molecule has 13 heavy (non-hydrogen) atoms. The summed E-state index contributed by atoms with van der Waals surface area (Å²) in [5.74, 6) is 0. The van der Waals surface area contributed by atoms with Crippen LogP contribution in [0.15, 0.2) is 39.5 Å². The third-order valence-electron chi connectivity index (χ3n) is 1.89. The maximum atomic E-state index is 11.2. The average Bonchev–Trinajstić information content (AvgIpc) is 2.17. The van der Waals surface area contributed by atoms with Gasteiger partial charge in [-0.25, -0.2) is 0 Å². The van der Waals surface area contributed by atoms with Gasteiger partial charge in [0.1, 0.15) is 0 Å². The summed E-state index contributed by atoms with van der Waals surface area (Å²) in [4.78, 5) is 11.2. The third kappa shape index (κ3) is 1.39. The van der Waals surface area contributed by atoms with Crippen molar-refractivity contribution in [1.29, 1.82) is 0 Å². The summed E-state index contributed by atoms with van der Waals surface area (Å²) in [7, 11) is 3.54. The summed E-state index contributed by atoms with van der Waals surface area (Å²) in [5.41, 5.74) is 0.769. The Hall–Kier alpha value is -1.44. The normalized spacial score (nSPS) is 9.77. The van der Waals surface area contributed by atoms with Gasteiger partial charge in [-0.3, -0.25) is 0 Å². The minimum atomic E-state index is -0.339. The van der Waals surface area contributed by atoms with E-state index in [9.17, 15) is 4.79 Å². The molecule has 0 fully saturated rings. The maximum absolute atomic E-state index is 11.2. The molecule has 60 valence electrons. The van der Waals surface area contributed by atoms with E-state index in [1.807, 2.05) is 18.2 Å². The molecule has 0 unspecified atom stereocenters. The van der Waals surface area contributed by atoms with E-state index in [4.69, 9.17) is 4.42 Å². The molecule has 0 N–H and O–H groups in total. The van der Waals surface area contributed by atoms with E-state index in [2.05, 4.69) is 7.37 Å². The first-order valence-electron chi connectivity index (χ1n) is 3.96. The Morgan fingerprint density at radius 2 is 2.08 bits per heavy atom. The van der Waals surface area contributed by atoms with Crippen LogP contribution in [-0.4, -0.2) is 14.2 Å². The molecular weight excluding hydrogens is 162 g/mol. The second-order valence-corrected chi connectivity index (χ2v) is 2.73. The standard InChI is InChI=1S/C9H6B2O2/c10-11-7-5-6-3-1-2-4-8(6)13-9(7)12/h1-5,10H. The van der Waals surface area contributed by atoms with Crippen LogP contribution >= 0.6 is 0 Å². The van der Waals surface area contributed by atoms with Gasteiger partial charge in [0.2, 0.25) is 0 Å². The molecule has 0 saturated heterocycles. The van der Waals surface area contributed by atoms with E-state index in [1.165, 1.54) is 6.80 Å². The number of hydrogen-bond acceptors (Lipinski definition) is 2. The fourth-order valence-corrected chi connectivity index (χ4v) is 1.22. The van der Waals surface area contributed by atoms with Crippen LogP contribution in [0.4, 0.5) is 0 Å². The molecule has 1 aromatic heterocycles. The average molecular weight is 168 g/mol. The first kappa shape index (κ1) is 8.17. The van der Waals surface area contributed by atoms with Gasteiger partial charge in [-0.1, -0.05) is 0 Å². The van der Waals surface area contributed by atoms with E-state index >= 15 is 0 Å². The minimum absolute atomic E-state index is 0.339. The van der Waals surface area contributed by atoms with Crippen LogP contribution in [0, 0.1) is 0 Å². The van der Waals surface area contributed by atoms with Gasteiger partial charge in [-0.2, -0.15) is 0 Å². The van der Waals surface area contributed by atoms with E-state index < -0.39 is 0 Å². The first-order chi connectivity index (χ1) is 6.31. The van der Waals surface area contributed by atoms with Crippen molar-refractivity contribution in [2.45, 2.75) is 0 Å². The number of fused-ring (bicyclic) bond motifs is 1. The molecule has 0 atom stereocenters. The van der Waals surface area contributed by atoms with Crippen LogP contribution in [0.2, 0.25) is 0 Å². The molecule has 2 aromatic rings. The van der Waals surface area contributed by atoms with Crippen molar-refractivity contribution in [3.63, 3.8) is 0 Å². The summed E-state index contributed by atoms with van der Waals surface area (Å²) in [5, 5.41) is 0.914. The van der Waals surface area contributed by atoms with Crippen molar-refractivity contribution in [3.8, 4) is 0 Å². The number of rotatable bonds is 1. The van der Waals surface area contributed by atoms with Gasteiger partial charge in [0.05, 0.1) is 0 Å². The Labute approximate surface area is 76.5 Å². The predicted molar refractivity (Wildman–Crippen MR) is 55.0 cm³/mol. The van der Waals surface area contributed by atoms with Crippen molar-refractivity contribution >= 4 is 30.6 Å². The molecule has 0 saturated carbocycles. The van der Waals surface area contributed by atoms with Crippen molar-refractivity contribution < 1.29 is 4.42 Å². The van der Waals surface area contributed by atoms with Gasteiger partial charge < -0.3 is 0 Å². The Morgan fingerprint density at radius 1 is 1.31 bits per heavy atom. The van der Waals surface area contributed by atoms with Gasteiger partial charge in [-0.15, -0.1) is 0 Å². The molecule has 2 nitrogen and oxygen atoms in total. The summed E-state index contributed by atoms with van der Waals surface area (Å²) in [6.45, 7) is 1.50. The Bertz CT molecular complexity index is 516. The summed E-state index contributed by atoms with van der Waals surface area (Å²) < 4.78 is 5.06. The van der Waals surface area contributed by atoms with Crippen LogP contribution in [0.5, 0.6) is 0 Å². The van der Waals surface area contributed by atoms with Crippen molar-refractivity contribution in [2.24, 2.45) is 0 Å². The quantitative estimate of drug-likeness (QED) is 0.440. The topological polar surface area (TPSA) is 30.2 Å². The number of hydrogen-bond donors (Lipinski definition) is 0. The van der Waals surface area contributed by atoms with Gasteiger partial charge in [0, 0.05) is 0 Å². The second-order valence-electron chi connectivity index (χ2n) is 2.73. The zero-order chi connectivity index (χ0) is 9.26. The van der Waals surface area contributed by atoms with Gasteiger partial charge in [0.15, 0.2) is 0 Å². The number of para-hydroxylation sites is 1. The van der Waals surface area contributed by atoms with E-state index in [0.717, 1.165) is 5.39 Å². The molecule has 0 spiro atoms. The van der Waals surface area contributed by atoms with Crippen molar-refractivity contribution in [1.82, 2.24) is 0 Å². The van der Waals surface area contributed by atoms with E-state index in [0.29, 0.717) is 11.0 Å². The molecule has 0 aliphatic carbocycles. The van der Waals surface area contributed by atoms with Crippen LogP contribution < -0.4 is 11.1 Å². The van der Waals surface area contributed by atoms with Gasteiger partial charge in [0.25, 0.3) is 0 Å². The monoisotopic (exact) mass is 168 g/mol. The third-order valence-corrected chi connectivity index (χ3v) is 1.89. The molecule has 2 rings (SSSR count). The molecule has 0 aliphatic rings. The molecule has 1 heterocycles. The summed E-state index contributed by atoms with van der Waals surface area (Å²) >= 11 is 0. The van der Waals surface area contributed by atoms with E-state index in [1.54, 1.807) is 12.1 Å². The van der Waals surface area contributed by atoms with Crippen LogP contribution in [-0.2, 0) is 0 Å². The Kier molecular flexibility index (Phi) is 1.97. The molecule has 4 heteroatoms. The molecule has 0 aliphatic heterocycles. The Morgan fingerprint density at radius 3 is 2.85 bits per heavy atom. The van der Waals surface area contributed by atoms with Gasteiger partial charge >= 0.3 is 75.8 Å². The van der Waals surface area contributed by atoms with Gasteiger partial charge in [-0.05, 0) is 0 Å². The zero-order valence-corrected chi connectivity index (χ0v) is 6.99. The second kappa shape index (κ2) is 3.13. The molecule has 0 bridgehead atoms. The number of benzene rings is 1. The van der Waals surface area contributed by atoms with Crippen molar-refractivity contribution in [2.75, 3.05) is 0 Å². The molecule has 0 amide bonds. The molecular formula is C9H6B2O2. The van der Waals surface area contributed by atoms with Crippen LogP contribution in [0.25, 0.3) is 11.0 Å². The Balaban J connectivity index is 2.89. The summed E-state index contributed by atoms with van der Waals surface area (Å²) in [6, 6.07) is 9.16. The first-order valence-corrected chi connectivity index (χ1v) is 3.96. The van der Waals surface area contributed by atoms with Crippen LogP contribution in [0.3, 0.4) is 0 Å². The summed E-state index contributed by atoms with van der Waals surface area (Å²) in [6.07, 6.45) is 0. The SMILES string of the molecule is B=Bc1cc2ccccc2oc1=O. The fourth-order valence-electron chi connectivity index (χ4n) is 1.22. The predicted octanol–water partition coefficient (Wildman–Crippen LogP) is -0.0617.